The van der Waals surface area contributed by atoms with Crippen molar-refractivity contribution in [3.05, 3.63) is 34.4 Å². The van der Waals surface area contributed by atoms with Gasteiger partial charge in [-0.15, -0.1) is 0 Å². The van der Waals surface area contributed by atoms with Gasteiger partial charge in [-0.25, -0.2) is 4.79 Å². The number of esters is 1. The van der Waals surface area contributed by atoms with Gasteiger partial charge in [0.1, 0.15) is 23.2 Å². The Bertz CT molecular complexity index is 926. The van der Waals surface area contributed by atoms with Gasteiger partial charge in [0.25, 0.3) is 0 Å². The summed E-state index contributed by atoms with van der Waals surface area (Å²) in [7, 11) is 1.48. The molecule has 7 heteroatoms. The number of benzene rings is 1. The molecule has 2 unspecified atom stereocenters. The van der Waals surface area contributed by atoms with E-state index in [0.717, 1.165) is 0 Å². The van der Waals surface area contributed by atoms with Crippen molar-refractivity contribution in [2.75, 3.05) is 13.7 Å². The van der Waals surface area contributed by atoms with Gasteiger partial charge in [-0.05, 0) is 53.9 Å². The first kappa shape index (κ1) is 22.1. The van der Waals surface area contributed by atoms with Gasteiger partial charge < -0.3 is 29.9 Å². The Kier molecular flexibility index (Phi) is 5.15. The van der Waals surface area contributed by atoms with E-state index in [0.29, 0.717) is 35.3 Å². The molecule has 1 aromatic carbocycles. The van der Waals surface area contributed by atoms with Crippen LogP contribution in [0.25, 0.3) is 0 Å². The number of methoxy groups -OCH3 is 1. The molecule has 1 aromatic rings. The Balaban J connectivity index is 1.65. The molecule has 0 amide bonds. The zero-order valence-electron chi connectivity index (χ0n) is 18.7. The van der Waals surface area contributed by atoms with Crippen LogP contribution in [0.4, 0.5) is 0 Å². The molecule has 0 bridgehead atoms. The molecular weight excluding hydrogens is 400 g/mol. The van der Waals surface area contributed by atoms with Crippen LogP contribution in [-0.4, -0.2) is 58.4 Å². The predicted molar refractivity (Wildman–Crippen MR) is 113 cm³/mol. The number of phenols is 1. The summed E-state index contributed by atoms with van der Waals surface area (Å²) in [5.41, 5.74) is 0.988. The number of ether oxygens (including phenoxy) is 2. The SMILES string of the molecule is COc1cc(C)c(C(=O)O[C@@H]2C[C@@]3(C)C2=C(CO)[C@@H](O)C2CC(C)(C)[C@H](O)C23)c(O)c1. The van der Waals surface area contributed by atoms with Gasteiger partial charge in [0.15, 0.2) is 0 Å². The average Bonchev–Trinajstić information content (AvgIpc) is 2.93. The van der Waals surface area contributed by atoms with Crippen molar-refractivity contribution in [2.24, 2.45) is 22.7 Å². The highest BCUT2D eigenvalue weighted by atomic mass is 16.5. The summed E-state index contributed by atoms with van der Waals surface area (Å²) in [6.07, 6.45) is -0.944. The van der Waals surface area contributed by atoms with E-state index in [1.807, 2.05) is 20.8 Å². The summed E-state index contributed by atoms with van der Waals surface area (Å²) in [5, 5.41) is 42.4. The molecule has 6 atom stereocenters. The largest absolute Gasteiger partial charge is 0.507 e. The number of aromatic hydroxyl groups is 1. The van der Waals surface area contributed by atoms with Crippen molar-refractivity contribution in [1.29, 1.82) is 0 Å². The molecule has 2 saturated carbocycles. The maximum Gasteiger partial charge on any atom is 0.342 e. The molecule has 0 aliphatic heterocycles. The molecular formula is C24H32O7. The second-order valence-corrected chi connectivity index (χ2v) is 10.2. The van der Waals surface area contributed by atoms with Crippen molar-refractivity contribution >= 4 is 5.97 Å². The van der Waals surface area contributed by atoms with Gasteiger partial charge >= 0.3 is 5.97 Å². The molecule has 0 heterocycles. The van der Waals surface area contributed by atoms with Gasteiger partial charge in [-0.3, -0.25) is 0 Å². The predicted octanol–water partition coefficient (Wildman–Crippen LogP) is 2.33. The Morgan fingerprint density at radius 2 is 1.87 bits per heavy atom. The summed E-state index contributed by atoms with van der Waals surface area (Å²) in [6.45, 7) is 7.37. The number of aliphatic hydroxyl groups is 3. The third-order valence-corrected chi connectivity index (χ3v) is 7.90. The summed E-state index contributed by atoms with van der Waals surface area (Å²) in [5.74, 6) is -0.776. The second kappa shape index (κ2) is 7.22. The number of phenolic OH excluding ortho intramolecular Hbond substituents is 1. The highest BCUT2D eigenvalue weighted by Crippen LogP contribution is 2.66. The van der Waals surface area contributed by atoms with E-state index in [-0.39, 0.29) is 35.2 Å². The molecule has 7 nitrogen and oxygen atoms in total. The van der Waals surface area contributed by atoms with E-state index in [4.69, 9.17) is 9.47 Å². The van der Waals surface area contributed by atoms with Gasteiger partial charge in [0, 0.05) is 17.4 Å². The number of rotatable bonds is 4. The first-order chi connectivity index (χ1) is 14.5. The standard InChI is InChI=1S/C24H32O7/c1-11-6-12(30-5)7-15(26)17(11)22(29)31-16-9-24(4)18(16)14(10-25)20(27)13-8-23(2,3)21(28)19(13)24/h6-7,13,16,19-21,25-28H,8-10H2,1-5H3/t13?,16-,19?,20+,21-,24+/m1/s1. The minimum atomic E-state index is -0.882. The van der Waals surface area contributed by atoms with Crippen LogP contribution in [0.5, 0.6) is 11.5 Å². The van der Waals surface area contributed by atoms with E-state index in [1.54, 1.807) is 13.0 Å². The molecule has 170 valence electrons. The van der Waals surface area contributed by atoms with E-state index < -0.39 is 29.7 Å². The van der Waals surface area contributed by atoms with Crippen molar-refractivity contribution in [1.82, 2.24) is 0 Å². The van der Waals surface area contributed by atoms with Crippen molar-refractivity contribution in [3.63, 3.8) is 0 Å². The molecule has 0 spiro atoms. The number of aliphatic hydroxyl groups excluding tert-OH is 3. The third kappa shape index (κ3) is 3.09. The smallest absolute Gasteiger partial charge is 0.342 e. The lowest BCUT2D eigenvalue weighted by Crippen LogP contribution is -2.59. The number of aryl methyl sites for hydroxylation is 1. The quantitative estimate of drug-likeness (QED) is 0.426. The zero-order valence-corrected chi connectivity index (χ0v) is 18.7. The summed E-state index contributed by atoms with van der Waals surface area (Å²) < 4.78 is 10.9. The van der Waals surface area contributed by atoms with Crippen LogP contribution in [0.15, 0.2) is 23.3 Å². The van der Waals surface area contributed by atoms with Crippen LogP contribution in [0.1, 0.15) is 49.5 Å². The fourth-order valence-electron chi connectivity index (χ4n) is 6.43. The van der Waals surface area contributed by atoms with Crippen LogP contribution < -0.4 is 4.74 Å². The molecule has 0 aromatic heterocycles. The number of fused-ring (bicyclic) bond motifs is 3. The van der Waals surface area contributed by atoms with Crippen molar-refractivity contribution in [3.8, 4) is 11.5 Å². The van der Waals surface area contributed by atoms with E-state index in [2.05, 4.69) is 0 Å². The topological polar surface area (TPSA) is 116 Å². The average molecular weight is 433 g/mol. The summed E-state index contributed by atoms with van der Waals surface area (Å²) >= 11 is 0. The van der Waals surface area contributed by atoms with Gasteiger partial charge in [0.05, 0.1) is 25.9 Å². The van der Waals surface area contributed by atoms with Gasteiger partial charge in [-0.2, -0.15) is 0 Å². The van der Waals surface area contributed by atoms with Crippen LogP contribution in [0.3, 0.4) is 0 Å². The number of carbonyl (C=O) groups is 1. The maximum atomic E-state index is 12.9. The minimum absolute atomic E-state index is 0.0665. The highest BCUT2D eigenvalue weighted by molar-refractivity contribution is 5.94. The van der Waals surface area contributed by atoms with Gasteiger partial charge in [-0.1, -0.05) is 20.8 Å². The summed E-state index contributed by atoms with van der Waals surface area (Å²) in [4.78, 5) is 12.9. The number of carbonyl (C=O) groups excluding carboxylic acids is 1. The third-order valence-electron chi connectivity index (χ3n) is 7.90. The van der Waals surface area contributed by atoms with Crippen LogP contribution in [0.2, 0.25) is 0 Å². The Morgan fingerprint density at radius 3 is 2.45 bits per heavy atom. The van der Waals surface area contributed by atoms with Crippen molar-refractivity contribution in [2.45, 2.75) is 58.8 Å². The molecule has 2 fully saturated rings. The van der Waals surface area contributed by atoms with Crippen LogP contribution >= 0.6 is 0 Å². The van der Waals surface area contributed by atoms with Crippen LogP contribution in [-0.2, 0) is 4.74 Å². The molecule has 3 aliphatic rings. The minimum Gasteiger partial charge on any atom is -0.507 e. The molecule has 4 rings (SSSR count). The van der Waals surface area contributed by atoms with E-state index in [1.165, 1.54) is 13.2 Å². The van der Waals surface area contributed by atoms with Crippen molar-refractivity contribution < 1.29 is 34.7 Å². The molecule has 0 radical (unpaired) electrons. The zero-order chi connectivity index (χ0) is 22.9. The molecule has 3 aliphatic carbocycles. The lowest BCUT2D eigenvalue weighted by Gasteiger charge is -2.58. The van der Waals surface area contributed by atoms with Crippen LogP contribution in [0, 0.1) is 29.6 Å². The Hall–Kier alpha value is -2.09. The lowest BCUT2D eigenvalue weighted by atomic mass is 9.49. The first-order valence-corrected chi connectivity index (χ1v) is 10.7. The van der Waals surface area contributed by atoms with E-state index >= 15 is 0 Å². The Labute approximate surface area is 182 Å². The highest BCUT2D eigenvalue weighted by Gasteiger charge is 2.66. The second-order valence-electron chi connectivity index (χ2n) is 10.2. The maximum absolute atomic E-state index is 12.9. The molecule has 0 saturated heterocycles. The normalized spacial score (nSPS) is 35.8. The summed E-state index contributed by atoms with van der Waals surface area (Å²) in [6, 6.07) is 3.00. The fraction of sp³-hybridized carbons (Fsp3) is 0.625. The monoisotopic (exact) mass is 432 g/mol. The number of hydrogen-bond acceptors (Lipinski definition) is 7. The molecule has 31 heavy (non-hydrogen) atoms. The van der Waals surface area contributed by atoms with E-state index in [9.17, 15) is 25.2 Å². The first-order valence-electron chi connectivity index (χ1n) is 10.7. The van der Waals surface area contributed by atoms with Gasteiger partial charge in [0.2, 0.25) is 0 Å². The molecule has 4 N–H and O–H groups in total. The lowest BCUT2D eigenvalue weighted by molar-refractivity contribution is -0.0917. The number of hydrogen-bond donors (Lipinski definition) is 4. The Morgan fingerprint density at radius 1 is 1.19 bits per heavy atom. The fourth-order valence-corrected chi connectivity index (χ4v) is 6.43.